The van der Waals surface area contributed by atoms with Gasteiger partial charge in [0.05, 0.1) is 11.1 Å². The Balaban J connectivity index is 2.97. The molecule has 0 aliphatic rings. The van der Waals surface area contributed by atoms with Crippen LogP contribution in [0.2, 0.25) is 0 Å². The van der Waals surface area contributed by atoms with E-state index >= 15 is 0 Å². The first kappa shape index (κ1) is 16.6. The number of benzene rings is 1. The molecule has 1 unspecified atom stereocenters. The van der Waals surface area contributed by atoms with Crippen LogP contribution >= 0.6 is 15.9 Å². The predicted octanol–water partition coefficient (Wildman–Crippen LogP) is 2.94. The highest BCUT2D eigenvalue weighted by Gasteiger charge is 2.22. The summed E-state index contributed by atoms with van der Waals surface area (Å²) in [6.07, 6.45) is 0. The van der Waals surface area contributed by atoms with Crippen molar-refractivity contribution < 1.29 is 9.13 Å². The average molecular weight is 333 g/mol. The second kappa shape index (κ2) is 7.94. The summed E-state index contributed by atoms with van der Waals surface area (Å²) in [5, 5.41) is 0. The third kappa shape index (κ3) is 4.53. The average Bonchev–Trinajstić information content (AvgIpc) is 2.37. The first-order valence-electron chi connectivity index (χ1n) is 6.41. The fraction of sp³-hybridized carbons (Fsp3) is 0.571. The molecule has 1 rings (SSSR count). The Morgan fingerprint density at radius 2 is 2.11 bits per heavy atom. The van der Waals surface area contributed by atoms with Gasteiger partial charge in [0, 0.05) is 32.3 Å². The zero-order chi connectivity index (χ0) is 14.4. The number of nitrogens with two attached hydrogens (primary N) is 1. The molecule has 0 aliphatic heterocycles. The molecule has 5 heteroatoms. The van der Waals surface area contributed by atoms with E-state index in [9.17, 15) is 4.39 Å². The molecule has 0 aromatic heterocycles. The Morgan fingerprint density at radius 1 is 1.42 bits per heavy atom. The van der Waals surface area contributed by atoms with E-state index in [1.54, 1.807) is 19.2 Å². The maximum atomic E-state index is 13.3. The number of halogens is 2. The van der Waals surface area contributed by atoms with Crippen molar-refractivity contribution in [2.45, 2.75) is 25.9 Å². The van der Waals surface area contributed by atoms with E-state index in [4.69, 9.17) is 10.5 Å². The minimum absolute atomic E-state index is 0.0621. The molecular formula is C14H22BrFN2O. The lowest BCUT2D eigenvalue weighted by atomic mass is 10.0. The minimum atomic E-state index is -0.257. The van der Waals surface area contributed by atoms with Gasteiger partial charge >= 0.3 is 0 Å². The van der Waals surface area contributed by atoms with E-state index in [2.05, 4.69) is 34.7 Å². The lowest BCUT2D eigenvalue weighted by Crippen LogP contribution is -2.40. The third-order valence-corrected chi connectivity index (χ3v) is 3.78. The molecule has 1 aromatic rings. The lowest BCUT2D eigenvalue weighted by molar-refractivity contribution is 0.0979. The van der Waals surface area contributed by atoms with E-state index in [0.29, 0.717) is 23.7 Å². The summed E-state index contributed by atoms with van der Waals surface area (Å²) in [5.74, 6) is -0.257. The van der Waals surface area contributed by atoms with Crippen LogP contribution in [0.4, 0.5) is 4.39 Å². The zero-order valence-electron chi connectivity index (χ0n) is 11.7. The fourth-order valence-corrected chi connectivity index (χ4v) is 2.55. The fourth-order valence-electron chi connectivity index (χ4n) is 2.15. The minimum Gasteiger partial charge on any atom is -0.383 e. The van der Waals surface area contributed by atoms with Gasteiger partial charge in [-0.2, -0.15) is 0 Å². The molecule has 0 aliphatic carbocycles. The molecule has 0 saturated heterocycles. The highest BCUT2D eigenvalue weighted by Crippen LogP contribution is 2.26. The van der Waals surface area contributed by atoms with Gasteiger partial charge in [0.1, 0.15) is 5.82 Å². The molecule has 1 aromatic carbocycles. The number of hydrogen-bond acceptors (Lipinski definition) is 3. The number of hydrogen-bond donors (Lipinski definition) is 1. The van der Waals surface area contributed by atoms with E-state index in [-0.39, 0.29) is 11.9 Å². The smallest absolute Gasteiger partial charge is 0.137 e. The molecule has 0 saturated carbocycles. The topological polar surface area (TPSA) is 38.5 Å². The second-order valence-electron chi connectivity index (χ2n) is 4.75. The van der Waals surface area contributed by atoms with Gasteiger partial charge in [0.25, 0.3) is 0 Å². The van der Waals surface area contributed by atoms with Crippen molar-refractivity contribution in [3.63, 3.8) is 0 Å². The lowest BCUT2D eigenvalue weighted by Gasteiger charge is -2.34. The van der Waals surface area contributed by atoms with Gasteiger partial charge in [-0.25, -0.2) is 4.39 Å². The van der Waals surface area contributed by atoms with Gasteiger partial charge in [0.15, 0.2) is 0 Å². The molecule has 0 radical (unpaired) electrons. The summed E-state index contributed by atoms with van der Waals surface area (Å²) in [7, 11) is 1.68. The van der Waals surface area contributed by atoms with Crippen LogP contribution in [-0.4, -0.2) is 37.7 Å². The van der Waals surface area contributed by atoms with Crippen molar-refractivity contribution in [1.29, 1.82) is 0 Å². The van der Waals surface area contributed by atoms with Crippen molar-refractivity contribution in [3.8, 4) is 0 Å². The molecular weight excluding hydrogens is 311 g/mol. The van der Waals surface area contributed by atoms with Crippen molar-refractivity contribution in [2.24, 2.45) is 5.73 Å². The molecule has 0 fully saturated rings. The van der Waals surface area contributed by atoms with Gasteiger partial charge in [-0.15, -0.1) is 0 Å². The molecule has 2 N–H and O–H groups in total. The Hall–Kier alpha value is -0.490. The van der Waals surface area contributed by atoms with Crippen molar-refractivity contribution in [1.82, 2.24) is 4.90 Å². The summed E-state index contributed by atoms with van der Waals surface area (Å²) in [5.41, 5.74) is 6.93. The summed E-state index contributed by atoms with van der Waals surface area (Å²) in [6.45, 7) is 6.18. The Labute approximate surface area is 123 Å². The number of ether oxygens (including phenoxy) is 1. The van der Waals surface area contributed by atoms with Crippen LogP contribution in [0.1, 0.15) is 25.5 Å². The molecule has 0 heterocycles. The Bertz CT molecular complexity index is 401. The monoisotopic (exact) mass is 332 g/mol. The second-order valence-corrected chi connectivity index (χ2v) is 5.60. The first-order chi connectivity index (χ1) is 9.01. The van der Waals surface area contributed by atoms with E-state index in [0.717, 1.165) is 12.1 Å². The Morgan fingerprint density at radius 3 is 2.58 bits per heavy atom. The molecule has 3 nitrogen and oxygen atoms in total. The molecule has 0 spiro atoms. The maximum Gasteiger partial charge on any atom is 0.137 e. The van der Waals surface area contributed by atoms with Crippen LogP contribution in [-0.2, 0) is 4.74 Å². The van der Waals surface area contributed by atoms with Gasteiger partial charge in [-0.05, 0) is 47.5 Å². The highest BCUT2D eigenvalue weighted by molar-refractivity contribution is 9.10. The molecule has 108 valence electrons. The zero-order valence-corrected chi connectivity index (χ0v) is 13.3. The van der Waals surface area contributed by atoms with E-state index in [1.165, 1.54) is 6.07 Å². The molecule has 1 atom stereocenters. The summed E-state index contributed by atoms with van der Waals surface area (Å²) in [6, 6.07) is 5.46. The largest absolute Gasteiger partial charge is 0.383 e. The molecule has 19 heavy (non-hydrogen) atoms. The number of rotatable bonds is 7. The van der Waals surface area contributed by atoms with Gasteiger partial charge in [0.2, 0.25) is 0 Å². The van der Waals surface area contributed by atoms with Crippen molar-refractivity contribution >= 4 is 15.9 Å². The van der Waals surface area contributed by atoms with Gasteiger partial charge < -0.3 is 10.5 Å². The summed E-state index contributed by atoms with van der Waals surface area (Å²) < 4.78 is 18.9. The maximum absolute atomic E-state index is 13.3. The van der Waals surface area contributed by atoms with E-state index < -0.39 is 0 Å². The van der Waals surface area contributed by atoms with Crippen LogP contribution in [0.25, 0.3) is 0 Å². The van der Waals surface area contributed by atoms with Gasteiger partial charge in [-0.1, -0.05) is 6.07 Å². The van der Waals surface area contributed by atoms with E-state index in [1.807, 2.05) is 0 Å². The van der Waals surface area contributed by atoms with Crippen LogP contribution < -0.4 is 5.73 Å². The van der Waals surface area contributed by atoms with Crippen LogP contribution in [0.15, 0.2) is 22.7 Å². The number of nitrogens with zero attached hydrogens (tertiary/aromatic N) is 1. The SMILES string of the molecule is COCCN(C(C)C)C(CN)c1ccc(F)c(Br)c1. The highest BCUT2D eigenvalue weighted by atomic mass is 79.9. The molecule has 0 bridgehead atoms. The van der Waals surface area contributed by atoms with Gasteiger partial charge in [-0.3, -0.25) is 4.90 Å². The predicted molar refractivity (Wildman–Crippen MR) is 79.6 cm³/mol. The third-order valence-electron chi connectivity index (χ3n) is 3.17. The first-order valence-corrected chi connectivity index (χ1v) is 7.20. The summed E-state index contributed by atoms with van der Waals surface area (Å²) >= 11 is 3.22. The standard InChI is InChI=1S/C14H22BrFN2O/c1-10(2)18(6-7-19-3)14(9-17)11-4-5-13(16)12(15)8-11/h4-5,8,10,14H,6-7,9,17H2,1-3H3. The van der Waals surface area contributed by atoms with Crippen LogP contribution in [0.5, 0.6) is 0 Å². The van der Waals surface area contributed by atoms with Crippen LogP contribution in [0.3, 0.4) is 0 Å². The normalized spacial score (nSPS) is 13.3. The summed E-state index contributed by atoms with van der Waals surface area (Å²) in [4.78, 5) is 2.27. The quantitative estimate of drug-likeness (QED) is 0.834. The van der Waals surface area contributed by atoms with Crippen molar-refractivity contribution in [3.05, 3.63) is 34.1 Å². The van der Waals surface area contributed by atoms with Crippen molar-refractivity contribution in [2.75, 3.05) is 26.8 Å². The number of methoxy groups -OCH3 is 1. The van der Waals surface area contributed by atoms with Crippen LogP contribution in [0, 0.1) is 5.82 Å². The molecule has 0 amide bonds. The Kier molecular flexibility index (Phi) is 6.93.